The molecule has 1 atom stereocenters. The number of hydrogen-bond acceptors (Lipinski definition) is 1. The van der Waals surface area contributed by atoms with E-state index >= 15 is 0 Å². The van der Waals surface area contributed by atoms with Gasteiger partial charge in [0.2, 0.25) is 0 Å². The lowest BCUT2D eigenvalue weighted by atomic mass is 9.80. The molecule has 0 aliphatic heterocycles. The van der Waals surface area contributed by atoms with Gasteiger partial charge >= 0.3 is 0 Å². The average Bonchev–Trinajstić information content (AvgIpc) is 3.17. The van der Waals surface area contributed by atoms with Gasteiger partial charge in [0.15, 0.2) is 0 Å². The van der Waals surface area contributed by atoms with Crippen LogP contribution in [0.1, 0.15) is 46.7 Å². The van der Waals surface area contributed by atoms with Gasteiger partial charge in [0, 0.05) is 12.3 Å². The number of fused-ring (bicyclic) bond motifs is 2. The number of rotatable bonds is 4. The molecule has 0 bridgehead atoms. The summed E-state index contributed by atoms with van der Waals surface area (Å²) in [5.74, 6) is -0.0388. The van der Waals surface area contributed by atoms with E-state index in [1.807, 2.05) is 6.08 Å². The van der Waals surface area contributed by atoms with Gasteiger partial charge in [-0.05, 0) is 105 Å². The van der Waals surface area contributed by atoms with Crippen LogP contribution < -0.4 is 0 Å². The molecule has 0 saturated heterocycles. The zero-order chi connectivity index (χ0) is 23.3. The Morgan fingerprint density at radius 1 is 1.09 bits per heavy atom. The van der Waals surface area contributed by atoms with E-state index in [4.69, 9.17) is 12.6 Å². The minimum Gasteiger partial charge on any atom is -0.207 e. The van der Waals surface area contributed by atoms with E-state index in [0.29, 0.717) is 6.42 Å². The maximum atomic E-state index is 14.4. The second-order valence-electron chi connectivity index (χ2n) is 9.30. The van der Waals surface area contributed by atoms with Crippen molar-refractivity contribution in [2.45, 2.75) is 40.0 Å². The van der Waals surface area contributed by atoms with Crippen LogP contribution in [0.5, 0.6) is 0 Å². The predicted molar refractivity (Wildman–Crippen MR) is 144 cm³/mol. The summed E-state index contributed by atoms with van der Waals surface area (Å²) in [7, 11) is 0. The molecular formula is C31H29FS. The minimum absolute atomic E-state index is 0.118. The van der Waals surface area contributed by atoms with Gasteiger partial charge in [0.25, 0.3) is 0 Å². The molecule has 5 rings (SSSR count). The summed E-state index contributed by atoms with van der Waals surface area (Å²) in [6.45, 7) is 10.5. The number of thiol groups is 1. The quantitative estimate of drug-likeness (QED) is 0.296. The first kappa shape index (κ1) is 22.0. The van der Waals surface area contributed by atoms with Crippen molar-refractivity contribution in [1.82, 2.24) is 0 Å². The van der Waals surface area contributed by atoms with Crippen LogP contribution in [-0.2, 0) is 12.8 Å². The van der Waals surface area contributed by atoms with Crippen LogP contribution in [0.4, 0.5) is 4.39 Å². The third kappa shape index (κ3) is 3.81. The molecule has 3 aromatic rings. The molecule has 0 fully saturated rings. The normalized spacial score (nSPS) is 17.5. The lowest BCUT2D eigenvalue weighted by Gasteiger charge is -2.24. The zero-order valence-corrected chi connectivity index (χ0v) is 20.4. The van der Waals surface area contributed by atoms with Crippen molar-refractivity contribution in [3.63, 3.8) is 0 Å². The molecular weight excluding hydrogens is 423 g/mol. The van der Waals surface area contributed by atoms with Crippen molar-refractivity contribution in [3.8, 4) is 11.1 Å². The van der Waals surface area contributed by atoms with Crippen LogP contribution in [0.15, 0.2) is 71.9 Å². The van der Waals surface area contributed by atoms with Gasteiger partial charge in [-0.1, -0.05) is 55.0 Å². The van der Waals surface area contributed by atoms with E-state index in [-0.39, 0.29) is 11.7 Å². The van der Waals surface area contributed by atoms with Crippen LogP contribution in [0.25, 0.3) is 33.5 Å². The number of allylic oxidation sites excluding steroid dienone is 6. The number of benzene rings is 3. The summed E-state index contributed by atoms with van der Waals surface area (Å²) in [5, 5.41) is 2.52. The van der Waals surface area contributed by atoms with Crippen LogP contribution >= 0.6 is 12.6 Å². The van der Waals surface area contributed by atoms with Crippen molar-refractivity contribution in [3.05, 3.63) is 105 Å². The SMILES string of the molecule is C=CC1CC=C(F)C=C1c1cc(CC)cc(-c2c3c(cc4cc(C)ccc24)CC(S)=C3)c1C. The van der Waals surface area contributed by atoms with Gasteiger partial charge in [-0.15, -0.1) is 19.2 Å². The van der Waals surface area contributed by atoms with Gasteiger partial charge in [0.05, 0.1) is 0 Å². The monoisotopic (exact) mass is 452 g/mol. The van der Waals surface area contributed by atoms with Crippen molar-refractivity contribution >= 4 is 35.1 Å². The van der Waals surface area contributed by atoms with Crippen LogP contribution in [0.2, 0.25) is 0 Å². The Labute approximate surface area is 201 Å². The maximum Gasteiger partial charge on any atom is 0.119 e. The Hall–Kier alpha value is -2.84. The van der Waals surface area contributed by atoms with Crippen LogP contribution in [-0.4, -0.2) is 0 Å². The molecule has 0 heterocycles. The van der Waals surface area contributed by atoms with Gasteiger partial charge in [-0.3, -0.25) is 0 Å². The van der Waals surface area contributed by atoms with Gasteiger partial charge < -0.3 is 0 Å². The lowest BCUT2D eigenvalue weighted by Crippen LogP contribution is -2.07. The number of hydrogen-bond donors (Lipinski definition) is 1. The standard InChI is InChI=1S/C31H29FS/c1-5-20-12-27(29-16-24(32)9-8-21(29)6-2)19(4)28(13-20)31-26-10-7-18(3)11-22(26)14-23-15-25(33)17-30(23)31/h6-7,9-14,16-17,21,33H,2,5,8,15H2,1,3-4H3. The van der Waals surface area contributed by atoms with Crippen LogP contribution in [0, 0.1) is 19.8 Å². The van der Waals surface area contributed by atoms with Gasteiger partial charge in [-0.2, -0.15) is 0 Å². The summed E-state index contributed by atoms with van der Waals surface area (Å²) in [6, 6.07) is 13.6. The molecule has 166 valence electrons. The van der Waals surface area contributed by atoms with Crippen LogP contribution in [0.3, 0.4) is 0 Å². The van der Waals surface area contributed by atoms with Crippen molar-refractivity contribution in [1.29, 1.82) is 0 Å². The highest BCUT2D eigenvalue weighted by molar-refractivity contribution is 7.84. The van der Waals surface area contributed by atoms with Gasteiger partial charge in [0.1, 0.15) is 5.83 Å². The van der Waals surface area contributed by atoms with Crippen molar-refractivity contribution < 1.29 is 4.39 Å². The second-order valence-corrected chi connectivity index (χ2v) is 9.87. The molecule has 0 nitrogen and oxygen atoms in total. The molecule has 2 aliphatic rings. The molecule has 0 amide bonds. The van der Waals surface area contributed by atoms with E-state index in [1.54, 1.807) is 12.2 Å². The fourth-order valence-electron chi connectivity index (χ4n) is 5.33. The highest BCUT2D eigenvalue weighted by Gasteiger charge is 2.24. The molecule has 0 radical (unpaired) electrons. The fraction of sp³-hybridized carbons (Fsp3) is 0.226. The summed E-state index contributed by atoms with van der Waals surface area (Å²) >= 11 is 4.72. The molecule has 1 unspecified atom stereocenters. The largest absolute Gasteiger partial charge is 0.207 e. The third-order valence-electron chi connectivity index (χ3n) is 7.10. The number of halogens is 1. The zero-order valence-electron chi connectivity index (χ0n) is 19.5. The van der Waals surface area contributed by atoms with E-state index < -0.39 is 0 Å². The summed E-state index contributed by atoms with van der Waals surface area (Å²) in [5.41, 5.74) is 10.9. The van der Waals surface area contributed by atoms with E-state index in [2.05, 4.69) is 69.8 Å². The molecule has 3 aromatic carbocycles. The summed E-state index contributed by atoms with van der Waals surface area (Å²) < 4.78 is 14.4. The maximum absolute atomic E-state index is 14.4. The fourth-order valence-corrected chi connectivity index (χ4v) is 5.63. The Bertz CT molecular complexity index is 1400. The Morgan fingerprint density at radius 2 is 1.88 bits per heavy atom. The first-order valence-corrected chi connectivity index (χ1v) is 12.1. The summed E-state index contributed by atoms with van der Waals surface area (Å²) in [4.78, 5) is 1.09. The lowest BCUT2D eigenvalue weighted by molar-refractivity contribution is 0.643. The van der Waals surface area contributed by atoms with Crippen molar-refractivity contribution in [2.24, 2.45) is 5.92 Å². The van der Waals surface area contributed by atoms with E-state index in [9.17, 15) is 4.39 Å². The Morgan fingerprint density at radius 3 is 2.64 bits per heavy atom. The highest BCUT2D eigenvalue weighted by atomic mass is 32.1. The third-order valence-corrected chi connectivity index (χ3v) is 7.39. The summed E-state index contributed by atoms with van der Waals surface area (Å²) in [6.07, 6.45) is 9.97. The molecule has 0 saturated carbocycles. The highest BCUT2D eigenvalue weighted by Crippen LogP contribution is 2.45. The molecule has 33 heavy (non-hydrogen) atoms. The smallest absolute Gasteiger partial charge is 0.119 e. The average molecular weight is 453 g/mol. The van der Waals surface area contributed by atoms with E-state index in [1.165, 1.54) is 49.7 Å². The minimum atomic E-state index is -0.157. The Kier molecular flexibility index (Phi) is 5.66. The van der Waals surface area contributed by atoms with E-state index in [0.717, 1.165) is 28.9 Å². The molecule has 2 heteroatoms. The first-order chi connectivity index (χ1) is 15.9. The predicted octanol–water partition coefficient (Wildman–Crippen LogP) is 8.96. The topological polar surface area (TPSA) is 0 Å². The molecule has 0 aromatic heterocycles. The Balaban J connectivity index is 1.85. The second kappa shape index (κ2) is 8.50. The van der Waals surface area contributed by atoms with Crippen molar-refractivity contribution in [2.75, 3.05) is 0 Å². The van der Waals surface area contributed by atoms with Gasteiger partial charge in [-0.25, -0.2) is 4.39 Å². The molecule has 2 aliphatic carbocycles. The molecule has 0 N–H and O–H groups in total. The first-order valence-electron chi connectivity index (χ1n) is 11.7. The molecule has 0 spiro atoms. The number of aryl methyl sites for hydroxylation is 2.